The third kappa shape index (κ3) is 2.29. The number of carbonyl (C=O) groups excluding carboxylic acids is 1. The van der Waals surface area contributed by atoms with Gasteiger partial charge in [-0.2, -0.15) is 0 Å². The summed E-state index contributed by atoms with van der Waals surface area (Å²) < 4.78 is 0. The lowest BCUT2D eigenvalue weighted by atomic mass is 10.1. The summed E-state index contributed by atoms with van der Waals surface area (Å²) in [5, 5.41) is 8.89. The van der Waals surface area contributed by atoms with Crippen molar-refractivity contribution in [2.75, 3.05) is 18.0 Å². The van der Waals surface area contributed by atoms with E-state index >= 15 is 0 Å². The van der Waals surface area contributed by atoms with Crippen LogP contribution in [0.5, 0.6) is 0 Å². The van der Waals surface area contributed by atoms with E-state index in [4.69, 9.17) is 10.8 Å². The van der Waals surface area contributed by atoms with Gasteiger partial charge in [0.05, 0.1) is 5.56 Å². The summed E-state index contributed by atoms with van der Waals surface area (Å²) >= 11 is 0. The van der Waals surface area contributed by atoms with Gasteiger partial charge in [-0.1, -0.05) is 6.07 Å². The van der Waals surface area contributed by atoms with E-state index < -0.39 is 5.97 Å². The third-order valence-electron chi connectivity index (χ3n) is 2.94. The summed E-state index contributed by atoms with van der Waals surface area (Å²) in [4.78, 5) is 24.2. The number of hydrogen-bond acceptors (Lipinski definition) is 3. The molecule has 0 aromatic heterocycles. The van der Waals surface area contributed by atoms with E-state index in [0.717, 1.165) is 0 Å². The molecule has 0 spiro atoms. The van der Waals surface area contributed by atoms with Crippen LogP contribution in [0.2, 0.25) is 0 Å². The monoisotopic (exact) mass is 234 g/mol. The highest BCUT2D eigenvalue weighted by Crippen LogP contribution is 2.25. The number of carboxylic acids is 1. The first kappa shape index (κ1) is 11.6. The van der Waals surface area contributed by atoms with E-state index in [0.29, 0.717) is 25.2 Å². The van der Waals surface area contributed by atoms with Crippen LogP contribution < -0.4 is 10.6 Å². The van der Waals surface area contributed by atoms with E-state index in [-0.39, 0.29) is 17.4 Å². The lowest BCUT2D eigenvalue weighted by Crippen LogP contribution is -2.25. The first-order valence-electron chi connectivity index (χ1n) is 5.45. The lowest BCUT2D eigenvalue weighted by Gasteiger charge is -2.16. The predicted octanol–water partition coefficient (Wildman–Crippen LogP) is 0.696. The molecule has 17 heavy (non-hydrogen) atoms. The van der Waals surface area contributed by atoms with Crippen molar-refractivity contribution >= 4 is 17.6 Å². The SMILES string of the molecule is NCC1CC(=O)N(c2cccc(C(=O)O)c2)C1. The second-order valence-corrected chi connectivity index (χ2v) is 4.17. The quantitative estimate of drug-likeness (QED) is 0.806. The standard InChI is InChI=1S/C12H14N2O3/c13-6-8-4-11(15)14(7-8)10-3-1-2-9(5-10)12(16)17/h1-3,5,8H,4,6-7,13H2,(H,16,17). The molecule has 0 bridgehead atoms. The first-order valence-corrected chi connectivity index (χ1v) is 5.45. The number of benzene rings is 1. The fourth-order valence-electron chi connectivity index (χ4n) is 2.00. The number of anilines is 1. The Bertz CT molecular complexity index is 459. The number of amides is 1. The molecule has 1 aliphatic rings. The minimum Gasteiger partial charge on any atom is -0.478 e. The van der Waals surface area contributed by atoms with E-state index in [1.807, 2.05) is 0 Å². The van der Waals surface area contributed by atoms with Gasteiger partial charge < -0.3 is 15.7 Å². The van der Waals surface area contributed by atoms with Gasteiger partial charge in [-0.05, 0) is 30.7 Å². The number of carboxylic acid groups (broad SMARTS) is 1. The van der Waals surface area contributed by atoms with Crippen molar-refractivity contribution in [1.29, 1.82) is 0 Å². The van der Waals surface area contributed by atoms with Gasteiger partial charge in [0.15, 0.2) is 0 Å². The Morgan fingerprint density at radius 3 is 2.88 bits per heavy atom. The summed E-state index contributed by atoms with van der Waals surface area (Å²) in [5.41, 5.74) is 6.36. The Hall–Kier alpha value is -1.88. The van der Waals surface area contributed by atoms with E-state index in [2.05, 4.69) is 0 Å². The molecule has 1 saturated heterocycles. The van der Waals surface area contributed by atoms with Crippen LogP contribution in [0.4, 0.5) is 5.69 Å². The minimum atomic E-state index is -0.992. The molecule has 1 amide bonds. The molecule has 3 N–H and O–H groups in total. The van der Waals surface area contributed by atoms with Crippen LogP contribution in [-0.4, -0.2) is 30.1 Å². The zero-order chi connectivity index (χ0) is 12.4. The summed E-state index contributed by atoms with van der Waals surface area (Å²) in [6, 6.07) is 6.40. The molecule has 1 fully saturated rings. The van der Waals surface area contributed by atoms with E-state index in [1.54, 1.807) is 17.0 Å². The molecule has 1 heterocycles. The van der Waals surface area contributed by atoms with Gasteiger partial charge in [0.2, 0.25) is 5.91 Å². The summed E-state index contributed by atoms with van der Waals surface area (Å²) in [5.74, 6) is -0.826. The van der Waals surface area contributed by atoms with Gasteiger partial charge in [0, 0.05) is 18.7 Å². The summed E-state index contributed by atoms with van der Waals surface area (Å²) in [6.07, 6.45) is 0.438. The molecular formula is C12H14N2O3. The van der Waals surface area contributed by atoms with Crippen LogP contribution in [-0.2, 0) is 4.79 Å². The molecule has 5 nitrogen and oxygen atoms in total. The van der Waals surface area contributed by atoms with Crippen molar-refractivity contribution in [2.24, 2.45) is 11.7 Å². The molecule has 1 aliphatic heterocycles. The van der Waals surface area contributed by atoms with Gasteiger partial charge in [-0.3, -0.25) is 4.79 Å². The highest BCUT2D eigenvalue weighted by Gasteiger charge is 2.29. The average molecular weight is 234 g/mol. The lowest BCUT2D eigenvalue weighted by molar-refractivity contribution is -0.117. The number of nitrogens with zero attached hydrogens (tertiary/aromatic N) is 1. The van der Waals surface area contributed by atoms with Gasteiger partial charge >= 0.3 is 5.97 Å². The maximum atomic E-state index is 11.7. The Morgan fingerprint density at radius 2 is 2.29 bits per heavy atom. The van der Waals surface area contributed by atoms with E-state index in [9.17, 15) is 9.59 Å². The van der Waals surface area contributed by atoms with Crippen LogP contribution in [0.25, 0.3) is 0 Å². The van der Waals surface area contributed by atoms with Crippen LogP contribution in [0.3, 0.4) is 0 Å². The molecule has 0 aliphatic carbocycles. The Morgan fingerprint density at radius 1 is 1.53 bits per heavy atom. The summed E-state index contributed by atoms with van der Waals surface area (Å²) in [6.45, 7) is 1.04. The van der Waals surface area contributed by atoms with Crippen molar-refractivity contribution < 1.29 is 14.7 Å². The topological polar surface area (TPSA) is 83.6 Å². The highest BCUT2D eigenvalue weighted by atomic mass is 16.4. The fourth-order valence-corrected chi connectivity index (χ4v) is 2.00. The number of carbonyl (C=O) groups is 2. The smallest absolute Gasteiger partial charge is 0.335 e. The third-order valence-corrected chi connectivity index (χ3v) is 2.94. The minimum absolute atomic E-state index is 0.00277. The van der Waals surface area contributed by atoms with Gasteiger partial charge in [-0.25, -0.2) is 4.79 Å². The Kier molecular flexibility index (Phi) is 3.10. The number of aromatic carboxylic acids is 1. The summed E-state index contributed by atoms with van der Waals surface area (Å²) in [7, 11) is 0. The zero-order valence-electron chi connectivity index (χ0n) is 9.30. The second kappa shape index (κ2) is 4.55. The van der Waals surface area contributed by atoms with Crippen LogP contribution in [0, 0.1) is 5.92 Å². The van der Waals surface area contributed by atoms with Gasteiger partial charge in [0.1, 0.15) is 0 Å². The molecule has 0 saturated carbocycles. The Labute approximate surface area is 98.8 Å². The van der Waals surface area contributed by atoms with Crippen LogP contribution in [0.1, 0.15) is 16.8 Å². The maximum Gasteiger partial charge on any atom is 0.335 e. The molecular weight excluding hydrogens is 220 g/mol. The van der Waals surface area contributed by atoms with Gasteiger partial charge in [-0.15, -0.1) is 0 Å². The van der Waals surface area contributed by atoms with Crippen molar-refractivity contribution in [3.8, 4) is 0 Å². The average Bonchev–Trinajstić information content (AvgIpc) is 2.71. The fraction of sp³-hybridized carbons (Fsp3) is 0.333. The number of rotatable bonds is 3. The Balaban J connectivity index is 2.25. The molecule has 1 aromatic carbocycles. The largest absolute Gasteiger partial charge is 0.478 e. The van der Waals surface area contributed by atoms with Crippen molar-refractivity contribution in [3.05, 3.63) is 29.8 Å². The maximum absolute atomic E-state index is 11.7. The zero-order valence-corrected chi connectivity index (χ0v) is 9.30. The molecule has 1 aromatic rings. The number of hydrogen-bond donors (Lipinski definition) is 2. The predicted molar refractivity (Wildman–Crippen MR) is 62.9 cm³/mol. The molecule has 1 unspecified atom stereocenters. The van der Waals surface area contributed by atoms with Crippen molar-refractivity contribution in [2.45, 2.75) is 6.42 Å². The molecule has 1 atom stereocenters. The van der Waals surface area contributed by atoms with Crippen LogP contribution in [0.15, 0.2) is 24.3 Å². The highest BCUT2D eigenvalue weighted by molar-refractivity contribution is 5.97. The van der Waals surface area contributed by atoms with Crippen molar-refractivity contribution in [1.82, 2.24) is 0 Å². The van der Waals surface area contributed by atoms with Gasteiger partial charge in [0.25, 0.3) is 0 Å². The van der Waals surface area contributed by atoms with Crippen molar-refractivity contribution in [3.63, 3.8) is 0 Å². The first-order chi connectivity index (χ1) is 8.11. The number of nitrogens with two attached hydrogens (primary N) is 1. The molecule has 0 radical (unpaired) electrons. The van der Waals surface area contributed by atoms with E-state index in [1.165, 1.54) is 12.1 Å². The second-order valence-electron chi connectivity index (χ2n) is 4.17. The molecule has 5 heteroatoms. The normalized spacial score (nSPS) is 19.7. The molecule has 2 rings (SSSR count). The van der Waals surface area contributed by atoms with Crippen LogP contribution >= 0.6 is 0 Å². The molecule has 90 valence electrons.